The molecule has 1 fully saturated rings. The average Bonchev–Trinajstić information content (AvgIpc) is 2.24. The normalized spacial score (nSPS) is 47.5. The van der Waals surface area contributed by atoms with Crippen molar-refractivity contribution in [2.45, 2.75) is 24.7 Å². The molecule has 2 atom stereocenters. The van der Waals surface area contributed by atoms with Gasteiger partial charge in [0.1, 0.15) is 3.23 Å². The Hall–Kier alpha value is 2.62. The molecule has 0 nitrogen and oxygen atoms in total. The summed E-state index contributed by atoms with van der Waals surface area (Å²) in [6.45, 7) is 0. The van der Waals surface area contributed by atoms with Crippen LogP contribution in [-0.2, 0) is 0 Å². The summed E-state index contributed by atoms with van der Waals surface area (Å²) in [6.07, 6.45) is 2.03. The number of fused-ring (bicyclic) bond motifs is 2. The Morgan fingerprint density at radius 1 is 0.846 bits per heavy atom. The molecule has 0 saturated heterocycles. The molecule has 0 N–H and O–H groups in total. The Morgan fingerprint density at radius 2 is 1.38 bits per heavy atom. The van der Waals surface area contributed by atoms with Gasteiger partial charge in [0.05, 0.1) is 8.65 Å². The molecule has 0 amide bonds. The van der Waals surface area contributed by atoms with E-state index in [2.05, 4.69) is 95.6 Å². The van der Waals surface area contributed by atoms with Crippen LogP contribution in [0.25, 0.3) is 0 Å². The second-order valence-electron chi connectivity index (χ2n) is 3.45. The number of hydrogen-bond acceptors (Lipinski definition) is 0. The van der Waals surface area contributed by atoms with Crippen LogP contribution in [0.1, 0.15) is 12.8 Å². The van der Waals surface area contributed by atoms with Gasteiger partial charge in [-0.3, -0.25) is 0 Å². The molecule has 0 aromatic rings. The third-order valence-electron chi connectivity index (χ3n) is 2.54. The van der Waals surface area contributed by atoms with Gasteiger partial charge in [0, 0.05) is 8.96 Å². The summed E-state index contributed by atoms with van der Waals surface area (Å²) < 4.78 is 2.32. The third-order valence-corrected chi connectivity index (χ3v) is 11.7. The number of hydrogen-bond donors (Lipinski definition) is 0. The van der Waals surface area contributed by atoms with E-state index >= 15 is 0 Å². The largest absolute Gasteiger partial charge is 0.102 e. The molecule has 1 saturated carbocycles. The van der Waals surface area contributed by atoms with E-state index in [-0.39, 0.29) is 11.9 Å². The molecule has 6 heteroatoms. The topological polar surface area (TPSA) is 0 Å². The number of allylic oxidation sites excluding steroid dienone is 2. The fraction of sp³-hybridized carbons (Fsp3) is 0.714. The first-order valence-corrected chi connectivity index (χ1v) is 8.31. The van der Waals surface area contributed by atoms with E-state index in [0.717, 1.165) is 12.8 Å². The van der Waals surface area contributed by atoms with Crippen LogP contribution in [0.4, 0.5) is 0 Å². The van der Waals surface area contributed by atoms with Crippen molar-refractivity contribution in [3.63, 3.8) is 0 Å². The number of rotatable bonds is 0. The average molecular weight is 568 g/mol. The van der Waals surface area contributed by atoms with Gasteiger partial charge >= 0.3 is 0 Å². The van der Waals surface area contributed by atoms with E-state index in [1.54, 1.807) is 0 Å². The van der Waals surface area contributed by atoms with E-state index in [0.29, 0.717) is 0 Å². The minimum atomic E-state index is -0.0768. The molecule has 0 spiro atoms. The highest BCUT2D eigenvalue weighted by atomic mass is 79.9. The van der Waals surface area contributed by atoms with Crippen LogP contribution in [-0.4, -0.2) is 11.9 Å². The van der Waals surface area contributed by atoms with Gasteiger partial charge in [-0.25, -0.2) is 0 Å². The predicted molar refractivity (Wildman–Crippen MR) is 78.0 cm³/mol. The molecule has 0 radical (unpaired) electrons. The van der Waals surface area contributed by atoms with Crippen LogP contribution in [0.15, 0.2) is 8.96 Å². The van der Waals surface area contributed by atoms with Gasteiger partial charge in [-0.05, 0) is 12.8 Å². The van der Waals surface area contributed by atoms with Crippen molar-refractivity contribution < 1.29 is 0 Å². The molecule has 2 unspecified atom stereocenters. The maximum Gasteiger partial charge on any atom is 0.102 e. The summed E-state index contributed by atoms with van der Waals surface area (Å²) in [5.74, 6) is 0. The summed E-state index contributed by atoms with van der Waals surface area (Å²) in [5, 5.41) is 0. The van der Waals surface area contributed by atoms with Crippen molar-refractivity contribution in [2.24, 2.45) is 0 Å². The van der Waals surface area contributed by atoms with Gasteiger partial charge in [0.15, 0.2) is 0 Å². The van der Waals surface area contributed by atoms with Crippen molar-refractivity contribution in [2.75, 3.05) is 0 Å². The quantitative estimate of drug-likeness (QED) is 0.337. The summed E-state index contributed by atoms with van der Waals surface area (Å²) in [6, 6.07) is 0. The summed E-state index contributed by atoms with van der Waals surface area (Å²) in [4.78, 5) is 0. The number of alkyl halides is 4. The zero-order valence-corrected chi connectivity index (χ0v) is 15.7. The molecule has 2 aliphatic carbocycles. The monoisotopic (exact) mass is 562 g/mol. The lowest BCUT2D eigenvalue weighted by Gasteiger charge is -2.34. The van der Waals surface area contributed by atoms with Crippen molar-refractivity contribution >= 4 is 95.6 Å². The van der Waals surface area contributed by atoms with Gasteiger partial charge in [-0.15, -0.1) is 0 Å². The third kappa shape index (κ3) is 1.48. The summed E-state index contributed by atoms with van der Waals surface area (Å²) in [5.41, 5.74) is 0. The highest BCUT2D eigenvalue weighted by Gasteiger charge is 2.67. The first-order valence-electron chi connectivity index (χ1n) is 3.55. The van der Waals surface area contributed by atoms with Crippen molar-refractivity contribution in [1.29, 1.82) is 0 Å². The Balaban J connectivity index is 2.60. The van der Waals surface area contributed by atoms with E-state index in [1.807, 2.05) is 0 Å². The van der Waals surface area contributed by atoms with Crippen LogP contribution in [0, 0.1) is 0 Å². The van der Waals surface area contributed by atoms with Crippen molar-refractivity contribution in [3.05, 3.63) is 8.96 Å². The van der Waals surface area contributed by atoms with Gasteiger partial charge in [-0.1, -0.05) is 95.6 Å². The summed E-state index contributed by atoms with van der Waals surface area (Å²) >= 11 is 22.2. The number of halogens is 6. The Morgan fingerprint density at radius 3 is 1.69 bits per heavy atom. The van der Waals surface area contributed by atoms with Crippen LogP contribution in [0.2, 0.25) is 0 Å². The van der Waals surface area contributed by atoms with Crippen LogP contribution >= 0.6 is 95.6 Å². The van der Waals surface area contributed by atoms with Crippen molar-refractivity contribution in [3.8, 4) is 0 Å². The maximum atomic E-state index is 3.79. The molecular formula is C7H4Br6. The minimum absolute atomic E-state index is 0.0532. The lowest BCUT2D eigenvalue weighted by atomic mass is 10.1. The van der Waals surface area contributed by atoms with Crippen LogP contribution in [0.3, 0.4) is 0 Å². The lowest BCUT2D eigenvalue weighted by Crippen LogP contribution is -2.35. The van der Waals surface area contributed by atoms with Gasteiger partial charge in [-0.2, -0.15) is 0 Å². The molecule has 2 bridgehead atoms. The molecule has 0 aliphatic heterocycles. The fourth-order valence-electron chi connectivity index (χ4n) is 1.83. The van der Waals surface area contributed by atoms with E-state index in [1.165, 1.54) is 8.96 Å². The fourth-order valence-corrected chi connectivity index (χ4v) is 8.99. The van der Waals surface area contributed by atoms with Crippen LogP contribution < -0.4 is 0 Å². The Kier molecular flexibility index (Phi) is 3.08. The smallest absolute Gasteiger partial charge is 0.0794 e. The van der Waals surface area contributed by atoms with Gasteiger partial charge < -0.3 is 0 Å². The van der Waals surface area contributed by atoms with Crippen LogP contribution in [0.5, 0.6) is 0 Å². The van der Waals surface area contributed by atoms with Gasteiger partial charge in [0.2, 0.25) is 0 Å². The molecule has 0 aromatic carbocycles. The zero-order chi connectivity index (χ0) is 10.1. The highest BCUT2D eigenvalue weighted by Crippen LogP contribution is 2.73. The molecule has 74 valence electrons. The second-order valence-corrected chi connectivity index (χ2v) is 11.7. The van der Waals surface area contributed by atoms with E-state index in [9.17, 15) is 0 Å². The first-order chi connectivity index (χ1) is 5.73. The van der Waals surface area contributed by atoms with E-state index in [4.69, 9.17) is 0 Å². The van der Waals surface area contributed by atoms with Gasteiger partial charge in [0.25, 0.3) is 0 Å². The second kappa shape index (κ2) is 3.31. The molecule has 13 heavy (non-hydrogen) atoms. The molecule has 0 aromatic heterocycles. The Labute approximate surface area is 127 Å². The Bertz CT molecular complexity index is 308. The molecule has 2 aliphatic rings. The zero-order valence-electron chi connectivity index (χ0n) is 6.18. The maximum absolute atomic E-state index is 3.79. The lowest BCUT2D eigenvalue weighted by molar-refractivity contribution is 0.751. The minimum Gasteiger partial charge on any atom is -0.0794 e. The predicted octanol–water partition coefficient (Wildman–Crippen LogP) is 5.55. The van der Waals surface area contributed by atoms with E-state index < -0.39 is 0 Å². The van der Waals surface area contributed by atoms with Crippen molar-refractivity contribution in [1.82, 2.24) is 0 Å². The first kappa shape index (κ1) is 12.1. The molecular weight excluding hydrogens is 564 g/mol. The molecule has 0 heterocycles. The molecule has 2 rings (SSSR count). The standard InChI is InChI=1S/C7H4Br6/c8-3-4(9)6(11)1-5(3,10)2-7(6,12)13/h1-2H2. The SMILES string of the molecule is BrC1=C(Br)C2(Br)CC1(Br)CC2(Br)Br. The summed E-state index contributed by atoms with van der Waals surface area (Å²) in [7, 11) is 0. The highest BCUT2D eigenvalue weighted by molar-refractivity contribution is 9.26.